The summed E-state index contributed by atoms with van der Waals surface area (Å²) in [6, 6.07) is 13.1. The molecule has 11 nitrogen and oxygen atoms in total. The van der Waals surface area contributed by atoms with Gasteiger partial charge in [0, 0.05) is 23.1 Å². The molecule has 4 N–H and O–H groups in total. The highest BCUT2D eigenvalue weighted by Gasteiger charge is 2.24. The van der Waals surface area contributed by atoms with Crippen molar-refractivity contribution in [1.82, 2.24) is 15.0 Å². The first-order chi connectivity index (χ1) is 18.6. The van der Waals surface area contributed by atoms with Crippen molar-refractivity contribution >= 4 is 56.5 Å². The molecule has 0 aliphatic heterocycles. The quantitative estimate of drug-likeness (QED) is 0.257. The number of rotatable bonds is 8. The van der Waals surface area contributed by atoms with Gasteiger partial charge in [0.25, 0.3) is 10.0 Å². The maximum atomic E-state index is 12.9. The number of thiophene rings is 1. The maximum Gasteiger partial charge on any atom is 0.264 e. The number of nitrogen functional groups attached to an aromatic ring is 1. The van der Waals surface area contributed by atoms with E-state index in [1.165, 1.54) is 41.8 Å². The number of carbonyl (C=O) groups is 1. The molecule has 1 atom stereocenters. The number of aryl methyl sites for hydroxylation is 1. The topological polar surface area (TPSA) is 188 Å². The lowest BCUT2D eigenvalue weighted by Crippen LogP contribution is -2.23. The van der Waals surface area contributed by atoms with Crippen molar-refractivity contribution in [3.8, 4) is 23.3 Å². The minimum Gasteiger partial charge on any atom is -0.383 e. The van der Waals surface area contributed by atoms with Gasteiger partial charge in [0.1, 0.15) is 28.5 Å². The Kier molecular flexibility index (Phi) is 8.11. The van der Waals surface area contributed by atoms with Crippen LogP contribution in [0.25, 0.3) is 11.1 Å². The van der Waals surface area contributed by atoms with Crippen molar-refractivity contribution in [1.29, 1.82) is 10.5 Å². The highest BCUT2D eigenvalue weighted by atomic mass is 32.2. The fourth-order valence-corrected chi connectivity index (χ4v) is 5.95. The summed E-state index contributed by atoms with van der Waals surface area (Å²) < 4.78 is 27.6. The monoisotopic (exact) mass is 576 g/mol. The third-order valence-electron chi connectivity index (χ3n) is 5.34. The largest absolute Gasteiger partial charge is 0.383 e. The average Bonchev–Trinajstić information content (AvgIpc) is 3.43. The fourth-order valence-electron chi connectivity index (χ4n) is 3.44. The summed E-state index contributed by atoms with van der Waals surface area (Å²) in [7, 11) is -3.94. The van der Waals surface area contributed by atoms with Crippen LogP contribution in [0.2, 0.25) is 0 Å². The first-order valence-electron chi connectivity index (χ1n) is 11.2. The zero-order valence-corrected chi connectivity index (χ0v) is 23.0. The number of anilines is 3. The molecular formula is C25H20N8O3S3. The van der Waals surface area contributed by atoms with Crippen LogP contribution < -0.4 is 15.8 Å². The average molecular weight is 577 g/mol. The molecule has 4 aromatic rings. The van der Waals surface area contributed by atoms with Gasteiger partial charge in [-0.2, -0.15) is 21.9 Å². The Morgan fingerprint density at radius 2 is 1.82 bits per heavy atom. The third-order valence-corrected chi connectivity index (χ3v) is 8.45. The molecule has 1 amide bonds. The summed E-state index contributed by atoms with van der Waals surface area (Å²) in [5, 5.41) is 25.3. The van der Waals surface area contributed by atoms with Crippen LogP contribution in [-0.4, -0.2) is 34.5 Å². The molecule has 0 aliphatic carbocycles. The van der Waals surface area contributed by atoms with E-state index in [2.05, 4.69) is 31.1 Å². The molecule has 0 aliphatic rings. The highest BCUT2D eigenvalue weighted by Crippen LogP contribution is 2.37. The van der Waals surface area contributed by atoms with Gasteiger partial charge in [0.15, 0.2) is 0 Å². The van der Waals surface area contributed by atoms with Gasteiger partial charge < -0.3 is 11.1 Å². The number of pyridine rings is 1. The third kappa shape index (κ3) is 6.15. The summed E-state index contributed by atoms with van der Waals surface area (Å²) in [6.45, 7) is 3.35. The maximum absolute atomic E-state index is 12.9. The lowest BCUT2D eigenvalue weighted by atomic mass is 9.99. The predicted octanol–water partition coefficient (Wildman–Crippen LogP) is 4.15. The van der Waals surface area contributed by atoms with Gasteiger partial charge >= 0.3 is 0 Å². The van der Waals surface area contributed by atoms with Crippen LogP contribution in [0.5, 0.6) is 0 Å². The Bertz CT molecular complexity index is 1730. The standard InChI is InChI=1S/C25H20N8O3S3/c1-14-7-9-29-25(30-14)33-39(35,36)18-5-3-17(4-6-18)31-23(34)15(2)38-24-20(12-27)21(16-8-10-37-13-16)19(11-26)22(28)32-24/h3-10,13,15H,1-2H3,(H2,28,32)(H,31,34)(H,29,30,33). The Morgan fingerprint density at radius 1 is 1.10 bits per heavy atom. The highest BCUT2D eigenvalue weighted by molar-refractivity contribution is 8.00. The second-order valence-corrected chi connectivity index (χ2v) is 11.9. The van der Waals surface area contributed by atoms with Crippen LogP contribution in [0.3, 0.4) is 0 Å². The first-order valence-corrected chi connectivity index (χ1v) is 14.5. The number of amides is 1. The second kappa shape index (κ2) is 11.5. The van der Waals surface area contributed by atoms with Gasteiger partial charge in [-0.25, -0.2) is 28.1 Å². The van der Waals surface area contributed by atoms with E-state index in [1.54, 1.807) is 31.4 Å². The molecule has 39 heavy (non-hydrogen) atoms. The van der Waals surface area contributed by atoms with Crippen molar-refractivity contribution in [2.75, 3.05) is 15.8 Å². The van der Waals surface area contributed by atoms with Crippen LogP contribution in [0.1, 0.15) is 23.7 Å². The van der Waals surface area contributed by atoms with Crippen LogP contribution in [0.15, 0.2) is 63.3 Å². The lowest BCUT2D eigenvalue weighted by molar-refractivity contribution is -0.115. The van der Waals surface area contributed by atoms with Gasteiger partial charge in [-0.15, -0.1) is 0 Å². The minimum atomic E-state index is -3.94. The predicted molar refractivity (Wildman–Crippen MR) is 149 cm³/mol. The van der Waals surface area contributed by atoms with Crippen molar-refractivity contribution in [2.45, 2.75) is 29.0 Å². The SMILES string of the molecule is Cc1ccnc(NS(=O)(=O)c2ccc(NC(=O)C(C)Sc3nc(N)c(C#N)c(-c4ccsc4)c3C#N)cc2)n1. The van der Waals surface area contributed by atoms with Crippen molar-refractivity contribution in [3.63, 3.8) is 0 Å². The van der Waals surface area contributed by atoms with Crippen LogP contribution in [0, 0.1) is 29.6 Å². The van der Waals surface area contributed by atoms with E-state index in [-0.39, 0.29) is 32.8 Å². The molecule has 0 spiro atoms. The summed E-state index contributed by atoms with van der Waals surface area (Å²) >= 11 is 2.43. The van der Waals surface area contributed by atoms with Crippen molar-refractivity contribution < 1.29 is 13.2 Å². The summed E-state index contributed by atoms with van der Waals surface area (Å²) in [6.07, 6.45) is 1.45. The zero-order valence-electron chi connectivity index (χ0n) is 20.5. The number of thioether (sulfide) groups is 1. The molecule has 0 saturated heterocycles. The number of nitrogens with zero attached hydrogens (tertiary/aromatic N) is 5. The lowest BCUT2D eigenvalue weighted by Gasteiger charge is -2.15. The number of nitrogens with two attached hydrogens (primary N) is 1. The molecule has 1 aromatic carbocycles. The Balaban J connectivity index is 1.50. The van der Waals surface area contributed by atoms with Crippen molar-refractivity contribution in [2.24, 2.45) is 0 Å². The number of sulfonamides is 1. The first kappa shape index (κ1) is 27.5. The minimum absolute atomic E-state index is 0.0331. The molecular weight excluding hydrogens is 557 g/mol. The van der Waals surface area contributed by atoms with E-state index in [1.807, 2.05) is 11.4 Å². The molecule has 196 valence electrons. The second-order valence-electron chi connectivity index (χ2n) is 8.06. The number of nitriles is 2. The van der Waals surface area contributed by atoms with Crippen molar-refractivity contribution in [3.05, 3.63) is 70.2 Å². The molecule has 0 radical (unpaired) electrons. The van der Waals surface area contributed by atoms with Crippen LogP contribution in [-0.2, 0) is 14.8 Å². The molecule has 14 heteroatoms. The molecule has 4 rings (SSSR count). The van der Waals surface area contributed by atoms with Crippen LogP contribution in [0.4, 0.5) is 17.5 Å². The van der Waals surface area contributed by atoms with Gasteiger partial charge in [-0.05, 0) is 66.6 Å². The Labute approximate surface area is 232 Å². The number of carbonyl (C=O) groups excluding carboxylic acids is 1. The number of benzene rings is 1. The van der Waals surface area contributed by atoms with E-state index < -0.39 is 21.2 Å². The molecule has 1 unspecified atom stereocenters. The molecule has 0 saturated carbocycles. The van der Waals surface area contributed by atoms with Crippen LogP contribution >= 0.6 is 23.1 Å². The molecule has 0 bridgehead atoms. The normalized spacial score (nSPS) is 11.7. The van der Waals surface area contributed by atoms with Gasteiger partial charge in [-0.3, -0.25) is 4.79 Å². The molecule has 0 fully saturated rings. The zero-order chi connectivity index (χ0) is 28.2. The number of nitrogens with one attached hydrogen (secondary N) is 2. The number of aromatic nitrogens is 3. The Hall–Kier alpha value is -4.50. The fraction of sp³-hybridized carbons (Fsp3) is 0.120. The van der Waals surface area contributed by atoms with E-state index in [9.17, 15) is 23.7 Å². The summed E-state index contributed by atoms with van der Waals surface area (Å²) in [5.41, 5.74) is 8.30. The summed E-state index contributed by atoms with van der Waals surface area (Å²) in [4.78, 5) is 25.0. The number of hydrogen-bond acceptors (Lipinski definition) is 11. The van der Waals surface area contributed by atoms with E-state index >= 15 is 0 Å². The van der Waals surface area contributed by atoms with Gasteiger partial charge in [0.05, 0.1) is 15.7 Å². The number of hydrogen-bond donors (Lipinski definition) is 3. The molecule has 3 heterocycles. The summed E-state index contributed by atoms with van der Waals surface area (Å²) in [5.74, 6) is -0.490. The molecule has 3 aromatic heterocycles. The smallest absolute Gasteiger partial charge is 0.264 e. The van der Waals surface area contributed by atoms with E-state index in [0.29, 0.717) is 22.5 Å². The van der Waals surface area contributed by atoms with E-state index in [0.717, 1.165) is 11.8 Å². The van der Waals surface area contributed by atoms with Gasteiger partial charge in [0.2, 0.25) is 11.9 Å². The van der Waals surface area contributed by atoms with E-state index in [4.69, 9.17) is 5.73 Å². The Morgan fingerprint density at radius 3 is 2.44 bits per heavy atom. The van der Waals surface area contributed by atoms with Gasteiger partial charge in [-0.1, -0.05) is 11.8 Å².